The molecule has 0 saturated carbocycles. The molecule has 48 valence electrons. The molecule has 8 heavy (non-hydrogen) atoms. The fourth-order valence-electron chi connectivity index (χ4n) is 0.307. The van der Waals surface area contributed by atoms with Gasteiger partial charge in [0.05, 0.1) is 0 Å². The van der Waals surface area contributed by atoms with Gasteiger partial charge >= 0.3 is 0 Å². The number of rotatable bonds is 4. The maximum Gasteiger partial charge on any atom is 0.148 e. The molecule has 0 aliphatic carbocycles. The average Bonchev–Trinajstić information content (AvgIpc) is 1.83. The van der Waals surface area contributed by atoms with E-state index in [-0.39, 0.29) is 0 Å². The molecule has 3 heteroatoms. The van der Waals surface area contributed by atoms with E-state index in [0.717, 1.165) is 5.75 Å². The topological polar surface area (TPSA) is 37.3 Å². The van der Waals surface area contributed by atoms with Crippen LogP contribution in [0.25, 0.3) is 0 Å². The molecule has 0 aliphatic heterocycles. The zero-order valence-electron chi connectivity index (χ0n) is 4.83. The molecular formula is C5H10O2S. The molecule has 0 rings (SSSR count). The normalized spacial score (nSPS) is 13.2. The highest BCUT2D eigenvalue weighted by atomic mass is 32.2. The lowest BCUT2D eigenvalue weighted by atomic mass is 10.3. The maximum absolute atomic E-state index is 9.75. The van der Waals surface area contributed by atoms with Crippen molar-refractivity contribution in [2.45, 2.75) is 12.5 Å². The van der Waals surface area contributed by atoms with Gasteiger partial charge in [-0.25, -0.2) is 0 Å². The van der Waals surface area contributed by atoms with Crippen molar-refractivity contribution in [1.82, 2.24) is 0 Å². The lowest BCUT2D eigenvalue weighted by Gasteiger charge is -1.97. The first-order valence-corrected chi connectivity index (χ1v) is 3.83. The Morgan fingerprint density at radius 3 is 2.88 bits per heavy atom. The summed E-state index contributed by atoms with van der Waals surface area (Å²) < 4.78 is 0. The molecule has 0 aromatic carbocycles. The van der Waals surface area contributed by atoms with Gasteiger partial charge in [0.15, 0.2) is 0 Å². The van der Waals surface area contributed by atoms with Crippen molar-refractivity contribution in [2.75, 3.05) is 12.0 Å². The van der Waals surface area contributed by atoms with Crippen LogP contribution < -0.4 is 0 Å². The summed E-state index contributed by atoms with van der Waals surface area (Å²) in [5.41, 5.74) is 0. The molecule has 1 unspecified atom stereocenters. The molecule has 0 bridgehead atoms. The standard InChI is InChI=1S/C5H10O2S/c1-8-3-2-5(7)4-6/h4-5,7H,2-3H2,1H3. The summed E-state index contributed by atoms with van der Waals surface area (Å²) in [5, 5.41) is 8.61. The number of aliphatic hydroxyl groups excluding tert-OH is 1. The molecule has 0 aromatic rings. The van der Waals surface area contributed by atoms with Crippen molar-refractivity contribution in [3.63, 3.8) is 0 Å². The second-order valence-corrected chi connectivity index (χ2v) is 2.47. The summed E-state index contributed by atoms with van der Waals surface area (Å²) >= 11 is 1.63. The predicted molar refractivity (Wildman–Crippen MR) is 35.1 cm³/mol. The summed E-state index contributed by atoms with van der Waals surface area (Å²) in [6, 6.07) is 0. The van der Waals surface area contributed by atoms with Gasteiger partial charge in [-0.15, -0.1) is 0 Å². The fourth-order valence-corrected chi connectivity index (χ4v) is 0.784. The number of carbonyl (C=O) groups is 1. The molecule has 0 amide bonds. The quantitative estimate of drug-likeness (QED) is 0.562. The van der Waals surface area contributed by atoms with Crippen LogP contribution in [0.15, 0.2) is 0 Å². The third-order valence-corrected chi connectivity index (χ3v) is 1.42. The Balaban J connectivity index is 2.98. The molecule has 2 nitrogen and oxygen atoms in total. The number of hydrogen-bond acceptors (Lipinski definition) is 3. The SMILES string of the molecule is CSCCC(O)C=O. The van der Waals surface area contributed by atoms with Crippen LogP contribution in [0.2, 0.25) is 0 Å². The van der Waals surface area contributed by atoms with Crippen molar-refractivity contribution in [3.05, 3.63) is 0 Å². The summed E-state index contributed by atoms with van der Waals surface area (Å²) in [6.45, 7) is 0. The van der Waals surface area contributed by atoms with Crippen LogP contribution in [0.5, 0.6) is 0 Å². The van der Waals surface area contributed by atoms with Gasteiger partial charge in [0, 0.05) is 0 Å². The lowest BCUT2D eigenvalue weighted by Crippen LogP contribution is -2.07. The fraction of sp³-hybridized carbons (Fsp3) is 0.800. The third-order valence-electron chi connectivity index (χ3n) is 0.775. The summed E-state index contributed by atoms with van der Waals surface area (Å²) in [7, 11) is 0. The van der Waals surface area contributed by atoms with Gasteiger partial charge in [-0.3, -0.25) is 0 Å². The Hall–Kier alpha value is -0.0200. The van der Waals surface area contributed by atoms with E-state index in [0.29, 0.717) is 12.7 Å². The van der Waals surface area contributed by atoms with Gasteiger partial charge in [0.1, 0.15) is 12.4 Å². The summed E-state index contributed by atoms with van der Waals surface area (Å²) in [5.74, 6) is 0.847. The number of thioether (sulfide) groups is 1. The van der Waals surface area contributed by atoms with E-state index in [4.69, 9.17) is 5.11 Å². The van der Waals surface area contributed by atoms with Crippen LogP contribution in [-0.4, -0.2) is 29.5 Å². The zero-order chi connectivity index (χ0) is 6.41. The van der Waals surface area contributed by atoms with Crippen molar-refractivity contribution in [1.29, 1.82) is 0 Å². The molecule has 0 heterocycles. The third kappa shape index (κ3) is 4.15. The van der Waals surface area contributed by atoms with Gasteiger partial charge in [-0.1, -0.05) is 0 Å². The molecule has 0 radical (unpaired) electrons. The molecule has 1 N–H and O–H groups in total. The Labute approximate surface area is 53.3 Å². The minimum absolute atomic E-state index is 0.566. The van der Waals surface area contributed by atoms with E-state index >= 15 is 0 Å². The lowest BCUT2D eigenvalue weighted by molar-refractivity contribution is -0.114. The van der Waals surface area contributed by atoms with Gasteiger partial charge < -0.3 is 9.90 Å². The zero-order valence-corrected chi connectivity index (χ0v) is 5.65. The van der Waals surface area contributed by atoms with Crippen molar-refractivity contribution in [2.24, 2.45) is 0 Å². The molecule has 1 atom stereocenters. The van der Waals surface area contributed by atoms with Crippen molar-refractivity contribution >= 4 is 18.0 Å². The minimum atomic E-state index is -0.748. The summed E-state index contributed by atoms with van der Waals surface area (Å²) in [4.78, 5) is 9.75. The van der Waals surface area contributed by atoms with Crippen molar-refractivity contribution in [3.8, 4) is 0 Å². The van der Waals surface area contributed by atoms with Crippen LogP contribution in [0.4, 0.5) is 0 Å². The first kappa shape index (κ1) is 7.98. The molecular weight excluding hydrogens is 124 g/mol. The van der Waals surface area contributed by atoms with Crippen LogP contribution in [-0.2, 0) is 4.79 Å². The average molecular weight is 134 g/mol. The monoisotopic (exact) mass is 134 g/mol. The molecule has 0 spiro atoms. The Morgan fingerprint density at radius 1 is 1.88 bits per heavy atom. The minimum Gasteiger partial charge on any atom is -0.386 e. The van der Waals surface area contributed by atoms with Crippen LogP contribution >= 0.6 is 11.8 Å². The maximum atomic E-state index is 9.75. The van der Waals surface area contributed by atoms with Gasteiger partial charge in [0.25, 0.3) is 0 Å². The highest BCUT2D eigenvalue weighted by molar-refractivity contribution is 7.98. The first-order chi connectivity index (χ1) is 3.81. The van der Waals surface area contributed by atoms with Gasteiger partial charge in [0.2, 0.25) is 0 Å². The van der Waals surface area contributed by atoms with E-state index in [9.17, 15) is 4.79 Å². The van der Waals surface area contributed by atoms with Crippen LogP contribution in [0.1, 0.15) is 6.42 Å². The Kier molecular flexibility index (Phi) is 5.11. The molecule has 0 saturated heterocycles. The predicted octanol–water partition coefficient (Wildman–Crippen LogP) is 0.299. The second-order valence-electron chi connectivity index (χ2n) is 1.48. The Bertz CT molecular complexity index is 65.4. The van der Waals surface area contributed by atoms with E-state index in [1.165, 1.54) is 0 Å². The summed E-state index contributed by atoms with van der Waals surface area (Å²) in [6.07, 6.45) is 2.33. The van der Waals surface area contributed by atoms with E-state index in [2.05, 4.69) is 0 Å². The van der Waals surface area contributed by atoms with Crippen molar-refractivity contribution < 1.29 is 9.90 Å². The van der Waals surface area contributed by atoms with Gasteiger partial charge in [-0.2, -0.15) is 11.8 Å². The number of aldehydes is 1. The van der Waals surface area contributed by atoms with E-state index in [1.54, 1.807) is 11.8 Å². The number of aliphatic hydroxyl groups is 1. The van der Waals surface area contributed by atoms with E-state index in [1.807, 2.05) is 6.26 Å². The highest BCUT2D eigenvalue weighted by Crippen LogP contribution is 1.97. The second kappa shape index (κ2) is 5.12. The number of hydrogen-bond donors (Lipinski definition) is 1. The molecule has 0 aromatic heterocycles. The first-order valence-electron chi connectivity index (χ1n) is 2.43. The van der Waals surface area contributed by atoms with E-state index < -0.39 is 6.10 Å². The van der Waals surface area contributed by atoms with Crippen LogP contribution in [0, 0.1) is 0 Å². The number of carbonyl (C=O) groups excluding carboxylic acids is 1. The highest BCUT2D eigenvalue weighted by Gasteiger charge is 1.97. The molecule has 0 aliphatic rings. The largest absolute Gasteiger partial charge is 0.386 e. The Morgan fingerprint density at radius 2 is 2.50 bits per heavy atom. The van der Waals surface area contributed by atoms with Crippen LogP contribution in [0.3, 0.4) is 0 Å². The molecule has 0 fully saturated rings. The smallest absolute Gasteiger partial charge is 0.148 e. The van der Waals surface area contributed by atoms with Gasteiger partial charge in [-0.05, 0) is 18.4 Å².